The van der Waals surface area contributed by atoms with Gasteiger partial charge in [-0.3, -0.25) is 9.82 Å². The molecule has 3 heterocycles. The van der Waals surface area contributed by atoms with Crippen LogP contribution in [0.4, 0.5) is 33.5 Å². The number of nitrogens with two attached hydrogens (primary N) is 1. The van der Waals surface area contributed by atoms with Gasteiger partial charge in [0.25, 0.3) is 10.0 Å². The average Bonchev–Trinajstić information content (AvgIpc) is 3.32. The van der Waals surface area contributed by atoms with Gasteiger partial charge in [0.2, 0.25) is 5.88 Å². The summed E-state index contributed by atoms with van der Waals surface area (Å²) in [7, 11) is -3.88. The maximum Gasteiger partial charge on any atom is 0.417 e. The van der Waals surface area contributed by atoms with Gasteiger partial charge >= 0.3 is 6.18 Å². The number of H-pyrrole nitrogens is 1. The molecule has 0 aliphatic carbocycles. The van der Waals surface area contributed by atoms with Crippen LogP contribution in [0.1, 0.15) is 16.7 Å². The molecule has 4 rings (SSSR count). The first kappa shape index (κ1) is 24.7. The third kappa shape index (κ3) is 4.58. The second-order valence-corrected chi connectivity index (χ2v) is 8.74. The number of aromatic amines is 1. The van der Waals surface area contributed by atoms with Crippen LogP contribution in [-0.2, 0) is 16.2 Å². The van der Waals surface area contributed by atoms with Gasteiger partial charge in [-0.2, -0.15) is 18.3 Å². The van der Waals surface area contributed by atoms with Gasteiger partial charge in [-0.25, -0.2) is 27.2 Å². The molecule has 0 unspecified atom stereocenters. The number of methoxy groups -OCH3 is 1. The van der Waals surface area contributed by atoms with Crippen molar-refractivity contribution < 1.29 is 35.1 Å². The molecular weight excluding hydrogens is 511 g/mol. The highest BCUT2D eigenvalue weighted by atomic mass is 32.2. The number of rotatable bonds is 4. The molecule has 0 aliphatic rings. The fraction of sp³-hybridized carbons (Fsp3) is 0.0952. The number of hydrogen-bond acceptors (Lipinski definition) is 7. The quantitative estimate of drug-likeness (QED) is 0.275. The minimum absolute atomic E-state index is 0.151. The van der Waals surface area contributed by atoms with Gasteiger partial charge < -0.3 is 10.5 Å². The topological polar surface area (TPSA) is 136 Å². The highest BCUT2D eigenvalue weighted by Crippen LogP contribution is 2.34. The molecule has 0 aliphatic heterocycles. The van der Waals surface area contributed by atoms with E-state index < -0.39 is 55.4 Å². The Morgan fingerprint density at radius 2 is 1.86 bits per heavy atom. The number of fused-ring (bicyclic) bond motifs is 1. The Labute approximate surface area is 199 Å². The number of halogens is 5. The van der Waals surface area contributed by atoms with Crippen LogP contribution in [0, 0.1) is 23.5 Å². The third-order valence-corrected chi connectivity index (χ3v) is 6.16. The van der Waals surface area contributed by atoms with Gasteiger partial charge in [0.1, 0.15) is 16.5 Å². The zero-order valence-electron chi connectivity index (χ0n) is 17.9. The second-order valence-electron chi connectivity index (χ2n) is 7.08. The van der Waals surface area contributed by atoms with Crippen LogP contribution in [0.3, 0.4) is 0 Å². The van der Waals surface area contributed by atoms with E-state index in [9.17, 15) is 26.0 Å². The first-order chi connectivity index (χ1) is 16.9. The van der Waals surface area contributed by atoms with Crippen LogP contribution < -0.4 is 15.2 Å². The fourth-order valence-corrected chi connectivity index (χ4v) is 4.26. The van der Waals surface area contributed by atoms with Crippen molar-refractivity contribution in [3.8, 4) is 17.7 Å². The minimum atomic E-state index is -4.91. The van der Waals surface area contributed by atoms with Crippen molar-refractivity contribution in [2.75, 3.05) is 17.6 Å². The maximum atomic E-state index is 15.1. The molecule has 0 spiro atoms. The van der Waals surface area contributed by atoms with Gasteiger partial charge in [0.05, 0.1) is 46.6 Å². The van der Waals surface area contributed by atoms with Crippen molar-refractivity contribution >= 4 is 32.4 Å². The van der Waals surface area contributed by atoms with Gasteiger partial charge in [-0.05, 0) is 18.2 Å². The molecule has 0 fully saturated rings. The van der Waals surface area contributed by atoms with Crippen LogP contribution in [0.25, 0.3) is 10.9 Å². The molecule has 4 aromatic rings. The number of alkyl halides is 3. The van der Waals surface area contributed by atoms with Crippen LogP contribution in [0.5, 0.6) is 5.88 Å². The molecule has 0 radical (unpaired) electrons. The Kier molecular flexibility index (Phi) is 6.14. The Morgan fingerprint density at radius 1 is 1.11 bits per heavy atom. The third-order valence-electron chi connectivity index (χ3n) is 4.80. The number of nitrogens with one attached hydrogen (secondary N) is 2. The molecule has 1 aromatic carbocycles. The monoisotopic (exact) mass is 524 g/mol. The SMILES string of the molecule is COc1ncc(C(F)(F)F)cc1S(=O)(=O)Nc1ccc(F)c(C#Cc2cnc(N)c3cn[nH]c23)c1F. The number of benzene rings is 1. The predicted octanol–water partition coefficient (Wildman–Crippen LogP) is 3.44. The number of aromatic nitrogens is 4. The largest absolute Gasteiger partial charge is 0.480 e. The zero-order valence-corrected chi connectivity index (χ0v) is 18.7. The van der Waals surface area contributed by atoms with E-state index in [1.54, 1.807) is 4.72 Å². The van der Waals surface area contributed by atoms with E-state index in [4.69, 9.17) is 10.5 Å². The lowest BCUT2D eigenvalue weighted by Gasteiger charge is -2.14. The highest BCUT2D eigenvalue weighted by Gasteiger charge is 2.34. The molecule has 0 atom stereocenters. The van der Waals surface area contributed by atoms with E-state index >= 15 is 4.39 Å². The number of pyridine rings is 2. The maximum absolute atomic E-state index is 15.1. The molecule has 9 nitrogen and oxygen atoms in total. The van der Waals surface area contributed by atoms with Crippen molar-refractivity contribution in [2.24, 2.45) is 0 Å². The lowest BCUT2D eigenvalue weighted by atomic mass is 10.1. The molecule has 0 amide bonds. The Hall–Kier alpha value is -4.45. The number of ether oxygens (including phenoxy) is 1. The van der Waals surface area contributed by atoms with E-state index in [1.165, 1.54) is 12.4 Å². The number of anilines is 2. The lowest BCUT2D eigenvalue weighted by molar-refractivity contribution is -0.138. The van der Waals surface area contributed by atoms with Gasteiger partial charge in [-0.1, -0.05) is 11.8 Å². The number of nitrogen functional groups attached to an aromatic ring is 1. The fourth-order valence-electron chi connectivity index (χ4n) is 3.06. The van der Waals surface area contributed by atoms with Crippen LogP contribution in [0.2, 0.25) is 0 Å². The standard InChI is InChI=1S/C21H13F5N6O3S/c1-35-20-16(6-11(8-29-20)21(24,25)26)36(33,34)32-15-5-4-14(22)12(17(15)23)3-2-10-7-28-19(27)13-9-30-31-18(10)13/h4-9,32H,1H3,(H2,27,28)(H,30,31). The molecular formula is C21H13F5N6O3S. The smallest absolute Gasteiger partial charge is 0.417 e. The minimum Gasteiger partial charge on any atom is -0.480 e. The second kappa shape index (κ2) is 8.96. The molecule has 0 saturated heterocycles. The lowest BCUT2D eigenvalue weighted by Crippen LogP contribution is -2.18. The van der Waals surface area contributed by atoms with Crippen molar-refractivity contribution in [3.05, 3.63) is 65.1 Å². The molecule has 0 bridgehead atoms. The van der Waals surface area contributed by atoms with E-state index in [2.05, 4.69) is 32.0 Å². The van der Waals surface area contributed by atoms with Crippen molar-refractivity contribution in [1.82, 2.24) is 20.2 Å². The van der Waals surface area contributed by atoms with Crippen LogP contribution in [-0.4, -0.2) is 35.7 Å². The molecule has 3 aromatic heterocycles. The van der Waals surface area contributed by atoms with Gasteiger partial charge in [0.15, 0.2) is 5.82 Å². The first-order valence-corrected chi connectivity index (χ1v) is 11.1. The Bertz CT molecular complexity index is 1660. The summed E-state index contributed by atoms with van der Waals surface area (Å²) in [4.78, 5) is 6.26. The highest BCUT2D eigenvalue weighted by molar-refractivity contribution is 7.92. The van der Waals surface area contributed by atoms with E-state index in [0.717, 1.165) is 19.2 Å². The van der Waals surface area contributed by atoms with Crippen molar-refractivity contribution in [1.29, 1.82) is 0 Å². The molecule has 0 saturated carbocycles. The zero-order chi connectivity index (χ0) is 26.3. The summed E-state index contributed by atoms with van der Waals surface area (Å²) in [6.45, 7) is 0. The summed E-state index contributed by atoms with van der Waals surface area (Å²) in [6.07, 6.45) is -1.90. The molecule has 4 N–H and O–H groups in total. The van der Waals surface area contributed by atoms with E-state index in [1.807, 2.05) is 0 Å². The number of nitrogens with zero attached hydrogens (tertiary/aromatic N) is 3. The summed E-state index contributed by atoms with van der Waals surface area (Å²) >= 11 is 0. The molecule has 186 valence electrons. The average molecular weight is 524 g/mol. The summed E-state index contributed by atoms with van der Waals surface area (Å²) < 4.78 is 101. The molecule has 15 heteroatoms. The summed E-state index contributed by atoms with van der Waals surface area (Å²) in [5, 5.41) is 6.86. The first-order valence-electron chi connectivity index (χ1n) is 9.64. The number of hydrogen-bond donors (Lipinski definition) is 3. The molecule has 36 heavy (non-hydrogen) atoms. The number of sulfonamides is 1. The predicted molar refractivity (Wildman–Crippen MR) is 117 cm³/mol. The van der Waals surface area contributed by atoms with E-state index in [-0.39, 0.29) is 17.4 Å². The van der Waals surface area contributed by atoms with Crippen molar-refractivity contribution in [2.45, 2.75) is 11.1 Å². The normalized spacial score (nSPS) is 11.7. The Balaban J connectivity index is 1.75. The van der Waals surface area contributed by atoms with Crippen molar-refractivity contribution in [3.63, 3.8) is 0 Å². The summed E-state index contributed by atoms with van der Waals surface area (Å²) in [5.74, 6) is 1.73. The van der Waals surface area contributed by atoms with E-state index in [0.29, 0.717) is 17.1 Å². The van der Waals surface area contributed by atoms with Crippen LogP contribution >= 0.6 is 0 Å². The van der Waals surface area contributed by atoms with Gasteiger partial charge in [-0.15, -0.1) is 0 Å². The Morgan fingerprint density at radius 3 is 2.56 bits per heavy atom. The summed E-state index contributed by atoms with van der Waals surface area (Å²) in [6, 6.07) is 1.76. The summed E-state index contributed by atoms with van der Waals surface area (Å²) in [5.41, 5.74) is 3.31. The van der Waals surface area contributed by atoms with Gasteiger partial charge in [0, 0.05) is 12.4 Å². The van der Waals surface area contributed by atoms with Crippen LogP contribution in [0.15, 0.2) is 41.7 Å².